The van der Waals surface area contributed by atoms with Crippen molar-refractivity contribution in [2.45, 2.75) is 59.7 Å². The molecule has 0 radical (unpaired) electrons. The summed E-state index contributed by atoms with van der Waals surface area (Å²) in [5.41, 5.74) is 1.48. The number of phenolic OH excluding ortho intramolecular Hbond substituents is 1. The molecule has 0 amide bonds. The van der Waals surface area contributed by atoms with E-state index in [2.05, 4.69) is 4.98 Å². The molecule has 0 spiro atoms. The third-order valence-electron chi connectivity index (χ3n) is 4.76. The first-order valence-electron chi connectivity index (χ1n) is 9.46. The van der Waals surface area contributed by atoms with E-state index >= 15 is 0 Å². The molecule has 0 unspecified atom stereocenters. The normalized spacial score (nSPS) is 11.4. The van der Waals surface area contributed by atoms with Gasteiger partial charge in [0.2, 0.25) is 0 Å². The molecule has 144 valence electrons. The topological polar surface area (TPSA) is 82.0 Å². The van der Waals surface area contributed by atoms with Crippen LogP contribution >= 0.6 is 0 Å². The van der Waals surface area contributed by atoms with Gasteiger partial charge in [-0.1, -0.05) is 26.0 Å². The van der Waals surface area contributed by atoms with Crippen molar-refractivity contribution in [3.05, 3.63) is 56.5 Å². The van der Waals surface area contributed by atoms with Crippen LogP contribution in [0.3, 0.4) is 0 Å². The minimum atomic E-state index is -0.278. The number of phenols is 1. The summed E-state index contributed by atoms with van der Waals surface area (Å²) in [5.74, 6) is 0.952. The van der Waals surface area contributed by atoms with Gasteiger partial charge in [0, 0.05) is 19.6 Å². The Morgan fingerprint density at radius 3 is 2.19 bits per heavy atom. The average Bonchev–Trinajstić information content (AvgIpc) is 2.98. The van der Waals surface area contributed by atoms with Crippen molar-refractivity contribution in [2.75, 3.05) is 0 Å². The Bertz CT molecular complexity index is 1060. The lowest BCUT2D eigenvalue weighted by molar-refractivity contribution is 0.475. The van der Waals surface area contributed by atoms with Gasteiger partial charge >= 0.3 is 5.69 Å². The molecule has 0 saturated heterocycles. The van der Waals surface area contributed by atoms with Crippen LogP contribution in [0.5, 0.6) is 5.75 Å². The van der Waals surface area contributed by atoms with E-state index < -0.39 is 0 Å². The van der Waals surface area contributed by atoms with E-state index in [1.165, 1.54) is 4.57 Å². The number of nitrogens with zero attached hydrogens (tertiary/aromatic N) is 4. The maximum absolute atomic E-state index is 13.0. The summed E-state index contributed by atoms with van der Waals surface area (Å²) in [4.78, 5) is 30.4. The van der Waals surface area contributed by atoms with Crippen LogP contribution in [0.4, 0.5) is 0 Å². The lowest BCUT2D eigenvalue weighted by atomic mass is 10.1. The van der Waals surface area contributed by atoms with Crippen LogP contribution in [-0.2, 0) is 26.1 Å². The fourth-order valence-corrected chi connectivity index (χ4v) is 3.42. The molecule has 0 aliphatic rings. The first-order chi connectivity index (χ1) is 13.0. The molecule has 2 aromatic heterocycles. The standard InChI is InChI=1S/C20H26N4O3/c1-4-11-23-18-17(19(26)24(12-5-2)20(23)27)22(14(3)21-18)13-10-15-6-8-16(25)9-7-15/h6-9,25H,4-5,10-13H2,1-3H3. The molecule has 3 rings (SSSR count). The van der Waals surface area contributed by atoms with Gasteiger partial charge in [-0.15, -0.1) is 0 Å². The van der Waals surface area contributed by atoms with Crippen LogP contribution in [0, 0.1) is 6.92 Å². The van der Waals surface area contributed by atoms with Gasteiger partial charge in [0.1, 0.15) is 11.6 Å². The fourth-order valence-electron chi connectivity index (χ4n) is 3.42. The smallest absolute Gasteiger partial charge is 0.332 e. The van der Waals surface area contributed by atoms with Gasteiger partial charge in [-0.05, 0) is 43.9 Å². The molecule has 3 aromatic rings. The van der Waals surface area contributed by atoms with Gasteiger partial charge in [0.25, 0.3) is 5.56 Å². The second kappa shape index (κ2) is 7.82. The highest BCUT2D eigenvalue weighted by Crippen LogP contribution is 2.15. The van der Waals surface area contributed by atoms with Gasteiger partial charge in [0.15, 0.2) is 11.2 Å². The lowest BCUT2D eigenvalue weighted by Gasteiger charge is -2.12. The lowest BCUT2D eigenvalue weighted by Crippen LogP contribution is -2.40. The highest BCUT2D eigenvalue weighted by atomic mass is 16.3. The zero-order valence-electron chi connectivity index (χ0n) is 16.1. The highest BCUT2D eigenvalue weighted by molar-refractivity contribution is 5.71. The number of aromatic hydroxyl groups is 1. The van der Waals surface area contributed by atoms with Crippen molar-refractivity contribution in [1.29, 1.82) is 0 Å². The maximum Gasteiger partial charge on any atom is 0.332 e. The number of imidazole rings is 1. The molecule has 7 nitrogen and oxygen atoms in total. The van der Waals surface area contributed by atoms with E-state index in [-0.39, 0.29) is 17.0 Å². The Morgan fingerprint density at radius 2 is 1.56 bits per heavy atom. The largest absolute Gasteiger partial charge is 0.508 e. The van der Waals surface area contributed by atoms with Crippen LogP contribution in [0.15, 0.2) is 33.9 Å². The maximum atomic E-state index is 13.0. The van der Waals surface area contributed by atoms with E-state index in [1.807, 2.05) is 37.5 Å². The van der Waals surface area contributed by atoms with Crippen LogP contribution in [0.1, 0.15) is 38.1 Å². The number of aromatic nitrogens is 4. The third kappa shape index (κ3) is 3.54. The molecule has 0 saturated carbocycles. The highest BCUT2D eigenvalue weighted by Gasteiger charge is 2.19. The fraction of sp³-hybridized carbons (Fsp3) is 0.450. The summed E-state index contributed by atoms with van der Waals surface area (Å²) in [6.45, 7) is 7.34. The molecule has 0 bridgehead atoms. The SMILES string of the molecule is CCCn1c(=O)c2c(nc(C)n2CCc2ccc(O)cc2)n(CCC)c1=O. The van der Waals surface area contributed by atoms with E-state index in [0.717, 1.165) is 17.8 Å². The van der Waals surface area contributed by atoms with E-state index in [4.69, 9.17) is 0 Å². The number of benzene rings is 1. The van der Waals surface area contributed by atoms with Gasteiger partial charge in [0.05, 0.1) is 0 Å². The monoisotopic (exact) mass is 370 g/mol. The number of rotatable bonds is 7. The number of aryl methyl sites for hydroxylation is 4. The van der Waals surface area contributed by atoms with Gasteiger partial charge in [-0.2, -0.15) is 0 Å². The molecule has 1 N–H and O–H groups in total. The summed E-state index contributed by atoms with van der Waals surface area (Å²) < 4.78 is 4.86. The second-order valence-electron chi connectivity index (χ2n) is 6.79. The van der Waals surface area contributed by atoms with Crippen molar-refractivity contribution in [1.82, 2.24) is 18.7 Å². The van der Waals surface area contributed by atoms with Gasteiger partial charge < -0.3 is 9.67 Å². The molecule has 1 aromatic carbocycles. The van der Waals surface area contributed by atoms with Crippen molar-refractivity contribution in [3.63, 3.8) is 0 Å². The minimum Gasteiger partial charge on any atom is -0.508 e. The molecule has 0 atom stereocenters. The van der Waals surface area contributed by atoms with Gasteiger partial charge in [-0.3, -0.25) is 13.9 Å². The molecular formula is C20H26N4O3. The summed E-state index contributed by atoms with van der Waals surface area (Å²) in [7, 11) is 0. The Labute approximate surface area is 157 Å². The molecule has 0 fully saturated rings. The molecule has 27 heavy (non-hydrogen) atoms. The zero-order chi connectivity index (χ0) is 19.6. The van der Waals surface area contributed by atoms with Crippen LogP contribution in [-0.4, -0.2) is 23.8 Å². The molecule has 0 aliphatic carbocycles. The number of hydrogen-bond acceptors (Lipinski definition) is 4. The predicted molar refractivity (Wildman–Crippen MR) is 105 cm³/mol. The van der Waals surface area contributed by atoms with E-state index in [0.29, 0.717) is 43.6 Å². The quantitative estimate of drug-likeness (QED) is 0.692. The van der Waals surface area contributed by atoms with Crippen LogP contribution < -0.4 is 11.2 Å². The Kier molecular flexibility index (Phi) is 5.48. The Hall–Kier alpha value is -2.83. The second-order valence-corrected chi connectivity index (χ2v) is 6.79. The van der Waals surface area contributed by atoms with E-state index in [1.54, 1.807) is 16.7 Å². The first kappa shape index (κ1) is 18.9. The number of fused-ring (bicyclic) bond motifs is 1. The number of hydrogen-bond donors (Lipinski definition) is 1. The van der Waals surface area contributed by atoms with Crippen molar-refractivity contribution in [2.24, 2.45) is 0 Å². The average molecular weight is 370 g/mol. The minimum absolute atomic E-state index is 0.231. The molecule has 2 heterocycles. The summed E-state index contributed by atoms with van der Waals surface area (Å²) in [5, 5.41) is 9.43. The predicted octanol–water partition coefficient (Wildman–Crippen LogP) is 2.44. The van der Waals surface area contributed by atoms with Crippen molar-refractivity contribution < 1.29 is 5.11 Å². The van der Waals surface area contributed by atoms with Gasteiger partial charge in [-0.25, -0.2) is 9.78 Å². The summed E-state index contributed by atoms with van der Waals surface area (Å²) >= 11 is 0. The first-order valence-corrected chi connectivity index (χ1v) is 9.46. The molecule has 0 aliphatic heterocycles. The van der Waals surface area contributed by atoms with Crippen LogP contribution in [0.2, 0.25) is 0 Å². The Morgan fingerprint density at radius 1 is 0.926 bits per heavy atom. The van der Waals surface area contributed by atoms with Crippen molar-refractivity contribution in [3.8, 4) is 5.75 Å². The summed E-state index contributed by atoms with van der Waals surface area (Å²) in [6, 6.07) is 7.04. The van der Waals surface area contributed by atoms with Crippen LogP contribution in [0.25, 0.3) is 11.2 Å². The zero-order valence-corrected chi connectivity index (χ0v) is 16.1. The molecular weight excluding hydrogens is 344 g/mol. The molecule has 7 heteroatoms. The summed E-state index contributed by atoms with van der Waals surface area (Å²) in [6.07, 6.45) is 2.21. The van der Waals surface area contributed by atoms with Crippen molar-refractivity contribution >= 4 is 11.2 Å². The Balaban J connectivity index is 2.12. The van der Waals surface area contributed by atoms with E-state index in [9.17, 15) is 14.7 Å². The third-order valence-corrected chi connectivity index (χ3v) is 4.76.